The molecule has 0 bridgehead atoms. The summed E-state index contributed by atoms with van der Waals surface area (Å²) in [5, 5.41) is 0. The average Bonchev–Trinajstić information content (AvgIpc) is 2.99. The van der Waals surface area contributed by atoms with Crippen LogP contribution in [0.3, 0.4) is 0 Å². The van der Waals surface area contributed by atoms with Gasteiger partial charge < -0.3 is 4.98 Å². The summed E-state index contributed by atoms with van der Waals surface area (Å²) in [6, 6.07) is -0.314. The molecular formula is C13H15N3O2. The van der Waals surface area contributed by atoms with Crippen LogP contribution in [0.15, 0.2) is 24.5 Å². The van der Waals surface area contributed by atoms with E-state index in [9.17, 15) is 9.59 Å². The number of amides is 2. The van der Waals surface area contributed by atoms with Crippen molar-refractivity contribution in [2.75, 3.05) is 0 Å². The molecule has 2 heterocycles. The van der Waals surface area contributed by atoms with E-state index in [1.807, 2.05) is 19.1 Å². The summed E-state index contributed by atoms with van der Waals surface area (Å²) >= 11 is 0. The van der Waals surface area contributed by atoms with Crippen molar-refractivity contribution in [1.82, 2.24) is 14.9 Å². The molecule has 5 nitrogen and oxygen atoms in total. The van der Waals surface area contributed by atoms with E-state index < -0.39 is 0 Å². The number of hydrogen-bond acceptors (Lipinski definition) is 3. The van der Waals surface area contributed by atoms with Gasteiger partial charge >= 0.3 is 0 Å². The number of imide groups is 1. The summed E-state index contributed by atoms with van der Waals surface area (Å²) < 4.78 is 0. The summed E-state index contributed by atoms with van der Waals surface area (Å²) in [6.07, 6.45) is 8.67. The summed E-state index contributed by atoms with van der Waals surface area (Å²) in [5.41, 5.74) is 0. The standard InChI is InChI=1S/C13H15N3O2/c1-8(11-14-6-7-15-11)16-12(17)9-4-2-3-5-10(9)13(16)18/h2-3,6-10H,4-5H2,1H3,(H,14,15). The smallest absolute Gasteiger partial charge is 0.234 e. The van der Waals surface area contributed by atoms with Gasteiger partial charge in [-0.25, -0.2) is 4.98 Å². The molecule has 3 rings (SSSR count). The lowest BCUT2D eigenvalue weighted by molar-refractivity contribution is -0.142. The van der Waals surface area contributed by atoms with Crippen LogP contribution >= 0.6 is 0 Å². The molecule has 1 aliphatic carbocycles. The molecule has 0 radical (unpaired) electrons. The minimum atomic E-state index is -0.314. The molecular weight excluding hydrogens is 230 g/mol. The molecule has 3 atom stereocenters. The van der Waals surface area contributed by atoms with Crippen LogP contribution in [-0.4, -0.2) is 26.7 Å². The number of imidazole rings is 1. The number of fused-ring (bicyclic) bond motifs is 1. The highest BCUT2D eigenvalue weighted by molar-refractivity contribution is 6.05. The first kappa shape index (κ1) is 11.2. The highest BCUT2D eigenvalue weighted by Crippen LogP contribution is 2.38. The van der Waals surface area contributed by atoms with Gasteiger partial charge in [0.1, 0.15) is 5.82 Å². The molecule has 0 aromatic carbocycles. The number of nitrogens with zero attached hydrogens (tertiary/aromatic N) is 2. The number of aromatic amines is 1. The van der Waals surface area contributed by atoms with Crippen LogP contribution in [0.25, 0.3) is 0 Å². The van der Waals surface area contributed by atoms with E-state index in [-0.39, 0.29) is 29.7 Å². The molecule has 1 saturated heterocycles. The number of carbonyl (C=O) groups excluding carboxylic acids is 2. The van der Waals surface area contributed by atoms with Crippen molar-refractivity contribution in [2.24, 2.45) is 11.8 Å². The van der Waals surface area contributed by atoms with Gasteiger partial charge in [-0.1, -0.05) is 12.2 Å². The molecule has 1 aliphatic heterocycles. The second kappa shape index (κ2) is 4.08. The minimum Gasteiger partial charge on any atom is -0.347 e. The van der Waals surface area contributed by atoms with E-state index in [1.54, 1.807) is 12.4 Å². The van der Waals surface area contributed by atoms with Gasteiger partial charge in [0.15, 0.2) is 0 Å². The van der Waals surface area contributed by atoms with Crippen molar-refractivity contribution in [1.29, 1.82) is 0 Å². The quantitative estimate of drug-likeness (QED) is 0.633. The van der Waals surface area contributed by atoms with Crippen molar-refractivity contribution >= 4 is 11.8 Å². The normalized spacial score (nSPS) is 28.6. The summed E-state index contributed by atoms with van der Waals surface area (Å²) in [4.78, 5) is 33.1. The van der Waals surface area contributed by atoms with Gasteiger partial charge in [0, 0.05) is 12.4 Å². The fourth-order valence-corrected chi connectivity index (χ4v) is 2.84. The van der Waals surface area contributed by atoms with Gasteiger partial charge in [0.05, 0.1) is 17.9 Å². The Labute approximate surface area is 105 Å². The first-order chi connectivity index (χ1) is 8.70. The molecule has 1 aromatic rings. The fraction of sp³-hybridized carbons (Fsp3) is 0.462. The third kappa shape index (κ3) is 1.50. The van der Waals surface area contributed by atoms with Crippen LogP contribution in [0.1, 0.15) is 31.6 Å². The number of H-pyrrole nitrogens is 1. The lowest BCUT2D eigenvalue weighted by Gasteiger charge is -2.21. The van der Waals surface area contributed by atoms with Crippen molar-refractivity contribution in [2.45, 2.75) is 25.8 Å². The zero-order valence-electron chi connectivity index (χ0n) is 10.2. The number of hydrogen-bond donors (Lipinski definition) is 1. The monoisotopic (exact) mass is 245 g/mol. The molecule has 0 spiro atoms. The van der Waals surface area contributed by atoms with Crippen molar-refractivity contribution in [3.63, 3.8) is 0 Å². The largest absolute Gasteiger partial charge is 0.347 e. The van der Waals surface area contributed by atoms with Gasteiger partial charge in [0.2, 0.25) is 11.8 Å². The topological polar surface area (TPSA) is 66.1 Å². The van der Waals surface area contributed by atoms with E-state index in [0.717, 1.165) is 0 Å². The number of aromatic nitrogens is 2. The van der Waals surface area contributed by atoms with Crippen molar-refractivity contribution in [3.05, 3.63) is 30.4 Å². The van der Waals surface area contributed by atoms with Gasteiger partial charge in [-0.05, 0) is 19.8 Å². The second-order valence-electron chi connectivity index (χ2n) is 4.85. The van der Waals surface area contributed by atoms with Gasteiger partial charge in [0.25, 0.3) is 0 Å². The van der Waals surface area contributed by atoms with E-state index in [4.69, 9.17) is 0 Å². The van der Waals surface area contributed by atoms with Crippen molar-refractivity contribution in [3.8, 4) is 0 Å². The Kier molecular flexibility index (Phi) is 2.54. The van der Waals surface area contributed by atoms with E-state index in [0.29, 0.717) is 18.7 Å². The molecule has 0 saturated carbocycles. The number of carbonyl (C=O) groups is 2. The second-order valence-corrected chi connectivity index (χ2v) is 4.85. The number of nitrogens with one attached hydrogen (secondary N) is 1. The van der Waals surface area contributed by atoms with Gasteiger partial charge in [-0.15, -0.1) is 0 Å². The molecule has 5 heteroatoms. The highest BCUT2D eigenvalue weighted by atomic mass is 16.2. The SMILES string of the molecule is CC(c1ncc[nH]1)N1C(=O)C2CC=CCC2C1=O. The average molecular weight is 245 g/mol. The van der Waals surface area contributed by atoms with Crippen molar-refractivity contribution < 1.29 is 9.59 Å². The molecule has 2 amide bonds. The van der Waals surface area contributed by atoms with Crippen LogP contribution < -0.4 is 0 Å². The number of allylic oxidation sites excluding steroid dienone is 2. The lowest BCUT2D eigenvalue weighted by Crippen LogP contribution is -2.34. The van der Waals surface area contributed by atoms with Crippen LogP contribution in [0, 0.1) is 11.8 Å². The maximum absolute atomic E-state index is 12.3. The number of rotatable bonds is 2. The van der Waals surface area contributed by atoms with Crippen LogP contribution in [-0.2, 0) is 9.59 Å². The van der Waals surface area contributed by atoms with E-state index >= 15 is 0 Å². The first-order valence-corrected chi connectivity index (χ1v) is 6.21. The Hall–Kier alpha value is -1.91. The van der Waals surface area contributed by atoms with Crippen LogP contribution in [0.2, 0.25) is 0 Å². The van der Waals surface area contributed by atoms with E-state index in [2.05, 4.69) is 9.97 Å². The Morgan fingerprint density at radius 1 is 1.28 bits per heavy atom. The maximum Gasteiger partial charge on any atom is 0.234 e. The zero-order valence-corrected chi connectivity index (χ0v) is 10.2. The zero-order chi connectivity index (χ0) is 12.7. The Bertz CT molecular complexity index is 480. The third-order valence-electron chi connectivity index (χ3n) is 3.84. The van der Waals surface area contributed by atoms with Crippen LogP contribution in [0.5, 0.6) is 0 Å². The molecule has 1 fully saturated rings. The molecule has 3 unspecified atom stereocenters. The Balaban J connectivity index is 1.90. The minimum absolute atomic E-state index is 0.0572. The van der Waals surface area contributed by atoms with Crippen LogP contribution in [0.4, 0.5) is 0 Å². The predicted molar refractivity (Wildman–Crippen MR) is 64.2 cm³/mol. The molecule has 18 heavy (non-hydrogen) atoms. The first-order valence-electron chi connectivity index (χ1n) is 6.21. The highest BCUT2D eigenvalue weighted by Gasteiger charge is 2.49. The van der Waals surface area contributed by atoms with Gasteiger partial charge in [-0.2, -0.15) is 0 Å². The van der Waals surface area contributed by atoms with E-state index in [1.165, 1.54) is 4.90 Å². The molecule has 94 valence electrons. The molecule has 1 aromatic heterocycles. The third-order valence-corrected chi connectivity index (χ3v) is 3.84. The summed E-state index contributed by atoms with van der Waals surface area (Å²) in [5.74, 6) is 0.208. The molecule has 1 N–H and O–H groups in total. The summed E-state index contributed by atoms with van der Waals surface area (Å²) in [7, 11) is 0. The lowest BCUT2D eigenvalue weighted by atomic mass is 9.85. The fourth-order valence-electron chi connectivity index (χ4n) is 2.84. The van der Waals surface area contributed by atoms with Gasteiger partial charge in [-0.3, -0.25) is 14.5 Å². The molecule has 2 aliphatic rings. The predicted octanol–water partition coefficient (Wildman–Crippen LogP) is 1.42. The summed E-state index contributed by atoms with van der Waals surface area (Å²) in [6.45, 7) is 1.83. The Morgan fingerprint density at radius 2 is 1.89 bits per heavy atom. The maximum atomic E-state index is 12.3. The Morgan fingerprint density at radius 3 is 2.39 bits per heavy atom. The number of likely N-dealkylation sites (tertiary alicyclic amines) is 1.